The van der Waals surface area contributed by atoms with Gasteiger partial charge in [-0.1, -0.05) is 13.8 Å². The quantitative estimate of drug-likeness (QED) is 0.701. The Balaban J connectivity index is 1.61. The molecule has 3 aromatic rings. The van der Waals surface area contributed by atoms with Gasteiger partial charge in [0, 0.05) is 43.0 Å². The first kappa shape index (κ1) is 20.0. The molecule has 2 fully saturated rings. The molecule has 1 aromatic carbocycles. The summed E-state index contributed by atoms with van der Waals surface area (Å²) in [6, 6.07) is 7.92. The van der Waals surface area contributed by atoms with Crippen LogP contribution in [0.2, 0.25) is 0 Å². The molecule has 1 saturated carbocycles. The van der Waals surface area contributed by atoms with Gasteiger partial charge in [0.2, 0.25) is 0 Å². The van der Waals surface area contributed by atoms with E-state index in [0.717, 1.165) is 47.5 Å². The van der Waals surface area contributed by atoms with Crippen LogP contribution < -0.4 is 10.5 Å². The number of nitrogens with two attached hydrogens (primary N) is 1. The summed E-state index contributed by atoms with van der Waals surface area (Å²) >= 11 is 0. The number of carbonyl (C=O) groups is 1. The lowest BCUT2D eigenvalue weighted by Gasteiger charge is -2.27. The minimum Gasteiger partial charge on any atom is -0.494 e. The molecule has 162 valence electrons. The molecule has 7 heteroatoms. The fraction of sp³-hybridized carbons (Fsp3) is 0.458. The number of benzene rings is 1. The first-order valence-electron chi connectivity index (χ1n) is 11.0. The number of piperidine rings is 1. The van der Waals surface area contributed by atoms with Gasteiger partial charge in [0.1, 0.15) is 17.1 Å². The van der Waals surface area contributed by atoms with Gasteiger partial charge in [-0.25, -0.2) is 4.98 Å². The minimum atomic E-state index is 0.0132. The number of ether oxygens (including phenoxy) is 1. The Kier molecular flexibility index (Phi) is 4.73. The summed E-state index contributed by atoms with van der Waals surface area (Å²) in [5.41, 5.74) is 10.5. The molecule has 2 aromatic heterocycles. The summed E-state index contributed by atoms with van der Waals surface area (Å²) in [6.07, 6.45) is 3.92. The van der Waals surface area contributed by atoms with Crippen molar-refractivity contribution in [1.29, 1.82) is 0 Å². The van der Waals surface area contributed by atoms with Gasteiger partial charge >= 0.3 is 0 Å². The number of aryl methyl sites for hydroxylation is 1. The number of hydrogen-bond acceptors (Lipinski definition) is 5. The van der Waals surface area contributed by atoms with Crippen LogP contribution in [0.4, 0.5) is 0 Å². The van der Waals surface area contributed by atoms with Crippen molar-refractivity contribution in [3.63, 3.8) is 0 Å². The molecule has 2 aliphatic rings. The second kappa shape index (κ2) is 7.34. The smallest absolute Gasteiger partial charge is 0.254 e. The lowest BCUT2D eigenvalue weighted by Crippen LogP contribution is -2.41. The van der Waals surface area contributed by atoms with Crippen molar-refractivity contribution in [3.05, 3.63) is 41.7 Å². The summed E-state index contributed by atoms with van der Waals surface area (Å²) in [4.78, 5) is 24.8. The van der Waals surface area contributed by atoms with Crippen LogP contribution in [0.5, 0.6) is 5.75 Å². The summed E-state index contributed by atoms with van der Waals surface area (Å²) < 4.78 is 7.73. The molecule has 3 heterocycles. The van der Waals surface area contributed by atoms with Gasteiger partial charge in [-0.3, -0.25) is 9.78 Å². The van der Waals surface area contributed by atoms with Crippen LogP contribution in [0.15, 0.2) is 30.5 Å². The van der Waals surface area contributed by atoms with Crippen molar-refractivity contribution in [2.24, 2.45) is 18.7 Å². The molecule has 2 N–H and O–H groups in total. The molecule has 0 unspecified atom stereocenters. The van der Waals surface area contributed by atoms with Crippen LogP contribution in [0.3, 0.4) is 0 Å². The Hall–Kier alpha value is -2.93. The number of aromatic nitrogens is 3. The van der Waals surface area contributed by atoms with Crippen LogP contribution in [0.25, 0.3) is 22.4 Å². The molecule has 0 spiro atoms. The summed E-state index contributed by atoms with van der Waals surface area (Å²) in [5, 5.41) is 0. The fourth-order valence-corrected chi connectivity index (χ4v) is 5.35. The van der Waals surface area contributed by atoms with E-state index in [1.807, 2.05) is 47.0 Å². The lowest BCUT2D eigenvalue weighted by molar-refractivity contribution is 0.0700. The average Bonchev–Trinajstić information content (AvgIpc) is 3.42. The monoisotopic (exact) mass is 419 g/mol. The number of methoxy groups -OCH3 is 1. The van der Waals surface area contributed by atoms with Gasteiger partial charge in [-0.15, -0.1) is 0 Å². The SMILES string of the molecule is COc1cc(C(=O)N2C[C@H]3CC[C@@H]2[C@@H]3N)cc2nc(-c3cccnc3C(C)C)n(C)c12. The molecule has 1 aliphatic heterocycles. The second-order valence-electron chi connectivity index (χ2n) is 9.07. The van der Waals surface area contributed by atoms with Crippen molar-refractivity contribution in [1.82, 2.24) is 19.4 Å². The molecule has 1 amide bonds. The minimum absolute atomic E-state index is 0.0132. The molecule has 31 heavy (non-hydrogen) atoms. The van der Waals surface area contributed by atoms with Gasteiger partial charge in [-0.2, -0.15) is 0 Å². The fourth-order valence-electron chi connectivity index (χ4n) is 5.35. The maximum atomic E-state index is 13.4. The predicted octanol–water partition coefficient (Wildman–Crippen LogP) is 3.33. The summed E-state index contributed by atoms with van der Waals surface area (Å²) in [6.45, 7) is 4.99. The van der Waals surface area contributed by atoms with Gasteiger partial charge in [0.25, 0.3) is 5.91 Å². The Morgan fingerprint density at radius 3 is 2.74 bits per heavy atom. The van der Waals surface area contributed by atoms with E-state index in [9.17, 15) is 4.79 Å². The maximum Gasteiger partial charge on any atom is 0.254 e. The van der Waals surface area contributed by atoms with Crippen LogP contribution >= 0.6 is 0 Å². The second-order valence-corrected chi connectivity index (χ2v) is 9.07. The number of imidazole rings is 1. The number of likely N-dealkylation sites (tertiary alicyclic amines) is 1. The molecule has 0 radical (unpaired) electrons. The topological polar surface area (TPSA) is 86.3 Å². The highest BCUT2D eigenvalue weighted by atomic mass is 16.5. The zero-order chi connectivity index (χ0) is 21.9. The molecule has 1 saturated heterocycles. The van der Waals surface area contributed by atoms with Gasteiger partial charge in [0.05, 0.1) is 18.3 Å². The lowest BCUT2D eigenvalue weighted by atomic mass is 10.0. The largest absolute Gasteiger partial charge is 0.494 e. The van der Waals surface area contributed by atoms with Gasteiger partial charge in [0.15, 0.2) is 0 Å². The van der Waals surface area contributed by atoms with E-state index in [1.54, 1.807) is 7.11 Å². The third kappa shape index (κ3) is 3.02. The number of fused-ring (bicyclic) bond motifs is 3. The van der Waals surface area contributed by atoms with Gasteiger partial charge in [-0.05, 0) is 48.9 Å². The number of nitrogens with zero attached hydrogens (tertiary/aromatic N) is 4. The molecule has 2 bridgehead atoms. The van der Waals surface area contributed by atoms with Crippen molar-refractivity contribution in [2.75, 3.05) is 13.7 Å². The number of carbonyl (C=O) groups excluding carboxylic acids is 1. The molecule has 5 rings (SSSR count). The highest BCUT2D eigenvalue weighted by molar-refractivity contribution is 6.00. The summed E-state index contributed by atoms with van der Waals surface area (Å²) in [5.74, 6) is 2.16. The number of rotatable bonds is 4. The summed E-state index contributed by atoms with van der Waals surface area (Å²) in [7, 11) is 3.61. The zero-order valence-electron chi connectivity index (χ0n) is 18.5. The van der Waals surface area contributed by atoms with Crippen LogP contribution in [0, 0.1) is 5.92 Å². The van der Waals surface area contributed by atoms with E-state index in [1.165, 1.54) is 0 Å². The number of amides is 1. The molecule has 1 aliphatic carbocycles. The molecular weight excluding hydrogens is 390 g/mol. The third-order valence-corrected chi connectivity index (χ3v) is 6.94. The van der Waals surface area contributed by atoms with Crippen molar-refractivity contribution < 1.29 is 9.53 Å². The highest BCUT2D eigenvalue weighted by Gasteiger charge is 2.47. The Bertz CT molecular complexity index is 1170. The van der Waals surface area contributed by atoms with Crippen molar-refractivity contribution in [2.45, 2.75) is 44.7 Å². The van der Waals surface area contributed by atoms with E-state index < -0.39 is 0 Å². The van der Waals surface area contributed by atoms with Crippen LogP contribution in [-0.4, -0.2) is 51.1 Å². The standard InChI is InChI=1S/C24H29N5O2/c1-13(2)21-16(6-5-9-26-21)23-27-17-10-15(11-19(31-4)22(17)28(23)3)24(30)29-12-14-7-8-18(29)20(14)25/h5-6,9-11,13-14,18,20H,7-8,12,25H2,1-4H3/t14-,18-,20-/m1/s1. The van der Waals surface area contributed by atoms with Gasteiger partial charge < -0.3 is 19.9 Å². The van der Waals surface area contributed by atoms with Crippen LogP contribution in [-0.2, 0) is 7.05 Å². The maximum absolute atomic E-state index is 13.4. The highest BCUT2D eigenvalue weighted by Crippen LogP contribution is 2.39. The molecule has 7 nitrogen and oxygen atoms in total. The Labute approximate surface area is 182 Å². The first-order chi connectivity index (χ1) is 14.9. The first-order valence-corrected chi connectivity index (χ1v) is 11.0. The zero-order valence-corrected chi connectivity index (χ0v) is 18.5. The van der Waals surface area contributed by atoms with E-state index in [2.05, 4.69) is 18.8 Å². The van der Waals surface area contributed by atoms with Crippen molar-refractivity contribution >= 4 is 16.9 Å². The number of pyridine rings is 1. The Morgan fingerprint density at radius 2 is 2.10 bits per heavy atom. The normalized spacial score (nSPS) is 22.6. The Morgan fingerprint density at radius 1 is 1.29 bits per heavy atom. The average molecular weight is 420 g/mol. The van der Waals surface area contributed by atoms with Crippen molar-refractivity contribution in [3.8, 4) is 17.1 Å². The van der Waals surface area contributed by atoms with E-state index >= 15 is 0 Å². The van der Waals surface area contributed by atoms with E-state index in [-0.39, 0.29) is 23.9 Å². The van der Waals surface area contributed by atoms with Crippen LogP contribution in [0.1, 0.15) is 48.7 Å². The number of hydrogen-bond donors (Lipinski definition) is 1. The van der Waals surface area contributed by atoms with E-state index in [0.29, 0.717) is 17.2 Å². The van der Waals surface area contributed by atoms with E-state index in [4.69, 9.17) is 15.5 Å². The molecular formula is C24H29N5O2. The predicted molar refractivity (Wildman–Crippen MR) is 120 cm³/mol. The third-order valence-electron chi connectivity index (χ3n) is 6.94. The molecule has 3 atom stereocenters.